The van der Waals surface area contributed by atoms with Crippen molar-refractivity contribution in [1.82, 2.24) is 10.2 Å². The molecule has 1 saturated heterocycles. The molecule has 9 heteroatoms. The number of benzene rings is 1. The standard InChI is InChI=1S/C20H23ClN4O3S.C2H6/c1-3-23-17(10-22-2)20-25-24-19(29-20)7-13-6-12(4-5-16(13)21)18-9-14(27)8-15(11-26)28-18;1-2/h3-6,10,14-15,18,26-27H,1,7-9,11H2,2H3;1-2H3. The van der Waals surface area contributed by atoms with Crippen LogP contribution in [0.15, 0.2) is 41.0 Å². The molecule has 1 aromatic carbocycles. The summed E-state index contributed by atoms with van der Waals surface area (Å²) in [6, 6.07) is 5.68. The van der Waals surface area contributed by atoms with Gasteiger partial charge in [0.1, 0.15) is 10.7 Å². The van der Waals surface area contributed by atoms with Gasteiger partial charge in [0.2, 0.25) is 0 Å². The van der Waals surface area contributed by atoms with Crippen LogP contribution in [0.25, 0.3) is 0 Å². The molecule has 0 radical (unpaired) electrons. The zero-order valence-corrected chi connectivity index (χ0v) is 19.6. The fourth-order valence-electron chi connectivity index (χ4n) is 3.21. The lowest BCUT2D eigenvalue weighted by Gasteiger charge is -2.32. The zero-order valence-electron chi connectivity index (χ0n) is 18.0. The lowest BCUT2D eigenvalue weighted by atomic mass is 9.95. The quantitative estimate of drug-likeness (QED) is 0.603. The van der Waals surface area contributed by atoms with Crippen LogP contribution in [0.4, 0.5) is 0 Å². The van der Waals surface area contributed by atoms with Crippen molar-refractivity contribution < 1.29 is 14.9 Å². The van der Waals surface area contributed by atoms with Gasteiger partial charge in [-0.25, -0.2) is 0 Å². The molecule has 3 atom stereocenters. The van der Waals surface area contributed by atoms with Gasteiger partial charge in [-0.15, -0.1) is 10.2 Å². The Morgan fingerprint density at radius 2 is 2.13 bits per heavy atom. The number of aliphatic imine (C=N–C) groups is 2. The summed E-state index contributed by atoms with van der Waals surface area (Å²) in [7, 11) is 1.66. The molecule has 0 spiro atoms. The number of ether oxygens (including phenoxy) is 1. The Balaban J connectivity index is 0.00000166. The van der Waals surface area contributed by atoms with E-state index in [4.69, 9.17) is 16.3 Å². The van der Waals surface area contributed by atoms with Gasteiger partial charge in [0.15, 0.2) is 5.01 Å². The lowest BCUT2D eigenvalue weighted by Crippen LogP contribution is -2.33. The van der Waals surface area contributed by atoms with E-state index in [1.165, 1.54) is 17.5 Å². The maximum atomic E-state index is 10.1. The van der Waals surface area contributed by atoms with Gasteiger partial charge < -0.3 is 14.9 Å². The van der Waals surface area contributed by atoms with Crippen molar-refractivity contribution in [3.63, 3.8) is 0 Å². The number of nitrogens with zero attached hydrogens (tertiary/aromatic N) is 4. The van der Waals surface area contributed by atoms with Gasteiger partial charge in [-0.1, -0.05) is 55.5 Å². The van der Waals surface area contributed by atoms with Crippen molar-refractivity contribution in [2.24, 2.45) is 9.98 Å². The van der Waals surface area contributed by atoms with Crippen molar-refractivity contribution in [1.29, 1.82) is 0 Å². The van der Waals surface area contributed by atoms with E-state index in [1.54, 1.807) is 13.3 Å². The van der Waals surface area contributed by atoms with E-state index in [0.29, 0.717) is 35.0 Å². The monoisotopic (exact) mass is 464 g/mol. The van der Waals surface area contributed by atoms with E-state index < -0.39 is 6.10 Å². The lowest BCUT2D eigenvalue weighted by molar-refractivity contribution is -0.113. The number of aromatic nitrogens is 2. The van der Waals surface area contributed by atoms with Crippen molar-refractivity contribution in [3.05, 3.63) is 57.1 Å². The summed E-state index contributed by atoms with van der Waals surface area (Å²) in [4.78, 5) is 8.16. The Morgan fingerprint density at radius 3 is 2.81 bits per heavy atom. The molecule has 7 nitrogen and oxygen atoms in total. The molecular formula is C22H29ClN4O3S. The average Bonchev–Trinajstić information content (AvgIpc) is 3.24. The molecule has 0 bridgehead atoms. The smallest absolute Gasteiger partial charge is 0.167 e. The van der Waals surface area contributed by atoms with Crippen molar-refractivity contribution in [3.8, 4) is 0 Å². The van der Waals surface area contributed by atoms with Crippen molar-refractivity contribution >= 4 is 34.9 Å². The Bertz CT molecular complexity index is 916. The predicted octanol–water partition coefficient (Wildman–Crippen LogP) is 4.02. The van der Waals surface area contributed by atoms with E-state index in [-0.39, 0.29) is 18.8 Å². The van der Waals surface area contributed by atoms with Gasteiger partial charge in [0.05, 0.1) is 24.9 Å². The molecule has 1 fully saturated rings. The third kappa shape index (κ3) is 7.02. The Morgan fingerprint density at radius 1 is 1.35 bits per heavy atom. The first kappa shape index (κ1) is 25.3. The zero-order chi connectivity index (χ0) is 22.8. The summed E-state index contributed by atoms with van der Waals surface area (Å²) in [6.07, 6.45) is 3.33. The van der Waals surface area contributed by atoms with Gasteiger partial charge in [-0.2, -0.15) is 0 Å². The SMILES string of the molecule is C=CN=C(C=NC)c1nnc(Cc2cc(C3CC(O)CC(CO)O3)ccc2Cl)s1.CC. The van der Waals surface area contributed by atoms with E-state index in [0.717, 1.165) is 16.1 Å². The average molecular weight is 465 g/mol. The van der Waals surface area contributed by atoms with E-state index in [9.17, 15) is 10.2 Å². The fourth-order valence-corrected chi connectivity index (χ4v) is 4.22. The Labute approximate surface area is 192 Å². The molecule has 168 valence electrons. The van der Waals surface area contributed by atoms with Crippen LogP contribution < -0.4 is 0 Å². The highest BCUT2D eigenvalue weighted by Gasteiger charge is 2.29. The molecule has 2 aromatic rings. The molecule has 31 heavy (non-hydrogen) atoms. The highest BCUT2D eigenvalue weighted by atomic mass is 35.5. The van der Waals surface area contributed by atoms with E-state index in [1.807, 2.05) is 32.0 Å². The van der Waals surface area contributed by atoms with Crippen LogP contribution in [0, 0.1) is 0 Å². The first-order valence-corrected chi connectivity index (χ1v) is 11.4. The topological polar surface area (TPSA) is 100 Å². The minimum Gasteiger partial charge on any atom is -0.394 e. The number of hydrogen-bond donors (Lipinski definition) is 2. The summed E-state index contributed by atoms with van der Waals surface area (Å²) in [5.41, 5.74) is 2.41. The van der Waals surface area contributed by atoms with Gasteiger partial charge >= 0.3 is 0 Å². The minimum absolute atomic E-state index is 0.114. The number of hydrogen-bond acceptors (Lipinski definition) is 8. The Kier molecular flexibility index (Phi) is 10.4. The summed E-state index contributed by atoms with van der Waals surface area (Å²) in [5.74, 6) is 0. The highest BCUT2D eigenvalue weighted by Crippen LogP contribution is 2.34. The van der Waals surface area contributed by atoms with Crippen molar-refractivity contribution in [2.45, 2.75) is 51.4 Å². The molecule has 1 aromatic heterocycles. The van der Waals surface area contributed by atoms with Gasteiger partial charge in [0.25, 0.3) is 0 Å². The molecule has 2 N–H and O–H groups in total. The largest absolute Gasteiger partial charge is 0.394 e. The maximum absolute atomic E-state index is 10.1. The first-order valence-electron chi connectivity index (χ1n) is 10.2. The minimum atomic E-state index is -0.501. The van der Waals surface area contributed by atoms with E-state index in [2.05, 4.69) is 26.8 Å². The second-order valence-corrected chi connectivity index (χ2v) is 8.14. The van der Waals surface area contributed by atoms with Crippen LogP contribution in [0.1, 0.15) is 53.9 Å². The second-order valence-electron chi connectivity index (χ2n) is 6.67. The van der Waals surface area contributed by atoms with Crippen LogP contribution >= 0.6 is 22.9 Å². The summed E-state index contributed by atoms with van der Waals surface area (Å²) in [6.45, 7) is 7.50. The van der Waals surface area contributed by atoms with Crippen LogP contribution in [0.5, 0.6) is 0 Å². The molecule has 0 aliphatic carbocycles. The molecule has 0 amide bonds. The van der Waals surface area contributed by atoms with Crippen LogP contribution in [0.2, 0.25) is 5.02 Å². The molecule has 3 rings (SSSR count). The third-order valence-corrected chi connectivity index (χ3v) is 5.85. The predicted molar refractivity (Wildman–Crippen MR) is 127 cm³/mol. The van der Waals surface area contributed by atoms with Crippen molar-refractivity contribution in [2.75, 3.05) is 13.7 Å². The number of aliphatic hydroxyl groups is 2. The third-order valence-electron chi connectivity index (χ3n) is 4.53. The maximum Gasteiger partial charge on any atom is 0.167 e. The molecule has 1 aliphatic rings. The fraction of sp³-hybridized carbons (Fsp3) is 0.455. The summed E-state index contributed by atoms with van der Waals surface area (Å²) in [5, 5.41) is 30.0. The summed E-state index contributed by atoms with van der Waals surface area (Å²) >= 11 is 7.82. The van der Waals surface area contributed by atoms with Crippen LogP contribution in [-0.4, -0.2) is 58.2 Å². The molecular weight excluding hydrogens is 436 g/mol. The normalized spacial score (nSPS) is 21.6. The summed E-state index contributed by atoms with van der Waals surface area (Å²) < 4.78 is 5.91. The van der Waals surface area contributed by atoms with Crippen LogP contribution in [0.3, 0.4) is 0 Å². The number of halogens is 1. The Hall–Kier alpha value is -1.97. The molecule has 2 heterocycles. The van der Waals surface area contributed by atoms with Gasteiger partial charge in [0, 0.05) is 43.7 Å². The molecule has 3 unspecified atom stereocenters. The highest BCUT2D eigenvalue weighted by molar-refractivity contribution is 7.14. The van der Waals surface area contributed by atoms with E-state index >= 15 is 0 Å². The number of rotatable bonds is 7. The van der Waals surface area contributed by atoms with Gasteiger partial charge in [-0.3, -0.25) is 9.98 Å². The molecule has 1 aliphatic heterocycles. The van der Waals surface area contributed by atoms with Gasteiger partial charge in [-0.05, 0) is 17.2 Å². The molecule has 0 saturated carbocycles. The second kappa shape index (κ2) is 12.8. The van der Waals surface area contributed by atoms with Crippen LogP contribution in [-0.2, 0) is 11.2 Å². The first-order chi connectivity index (χ1) is 15.0. The number of aliphatic hydroxyl groups excluding tert-OH is 2.